The summed E-state index contributed by atoms with van der Waals surface area (Å²) in [5.41, 5.74) is 0. The van der Waals surface area contributed by atoms with Crippen molar-refractivity contribution in [3.8, 4) is 0 Å². The molecule has 1 heterocycles. The number of anilines is 1. The Morgan fingerprint density at radius 2 is 2.38 bits per heavy atom. The molecule has 1 aromatic rings. The summed E-state index contributed by atoms with van der Waals surface area (Å²) in [5.74, 6) is 0.693. The van der Waals surface area contributed by atoms with E-state index in [-0.39, 0.29) is 6.61 Å². The molecule has 6 heteroatoms. The third-order valence-corrected chi connectivity index (χ3v) is 3.60. The Morgan fingerprint density at radius 3 is 3.08 bits per heavy atom. The fourth-order valence-electron chi connectivity index (χ4n) is 0.862. The zero-order chi connectivity index (χ0) is 9.10. The van der Waals surface area contributed by atoms with Crippen molar-refractivity contribution >= 4 is 28.2 Å². The van der Waals surface area contributed by atoms with E-state index in [0.717, 1.165) is 9.47 Å². The van der Waals surface area contributed by atoms with Crippen molar-refractivity contribution in [3.63, 3.8) is 0 Å². The molecule has 13 heavy (non-hydrogen) atoms. The smallest absolute Gasteiger partial charge is 0.206 e. The lowest BCUT2D eigenvalue weighted by Gasteiger charge is -1.94. The van der Waals surface area contributed by atoms with Gasteiger partial charge < -0.3 is 10.4 Å². The molecule has 0 atom stereocenters. The summed E-state index contributed by atoms with van der Waals surface area (Å²) in [7, 11) is 0. The number of aliphatic hydroxyl groups excluding tert-OH is 1. The number of aromatic nitrogens is 2. The molecular formula is C7H11N3OS2. The minimum absolute atomic E-state index is 0.190. The first-order valence-electron chi connectivity index (χ1n) is 4.22. The summed E-state index contributed by atoms with van der Waals surface area (Å²) in [6.07, 6.45) is 2.50. The topological polar surface area (TPSA) is 58.0 Å². The van der Waals surface area contributed by atoms with Gasteiger partial charge in [0.2, 0.25) is 5.13 Å². The van der Waals surface area contributed by atoms with Gasteiger partial charge in [0.1, 0.15) is 0 Å². The van der Waals surface area contributed by atoms with Crippen LogP contribution in [0.3, 0.4) is 0 Å². The Morgan fingerprint density at radius 1 is 1.54 bits per heavy atom. The van der Waals surface area contributed by atoms with Gasteiger partial charge in [-0.1, -0.05) is 23.1 Å². The molecule has 72 valence electrons. The van der Waals surface area contributed by atoms with Gasteiger partial charge in [0.15, 0.2) is 4.34 Å². The van der Waals surface area contributed by atoms with Crippen LogP contribution in [0.1, 0.15) is 12.8 Å². The minimum Gasteiger partial charge on any atom is -0.396 e. The molecule has 0 aromatic carbocycles. The van der Waals surface area contributed by atoms with Crippen LogP contribution in [0.25, 0.3) is 0 Å². The van der Waals surface area contributed by atoms with Crippen molar-refractivity contribution in [2.45, 2.75) is 23.2 Å². The van der Waals surface area contributed by atoms with Crippen molar-refractivity contribution < 1.29 is 5.11 Å². The molecule has 0 aliphatic heterocycles. The highest BCUT2D eigenvalue weighted by Gasteiger charge is 2.22. The third-order valence-electron chi connectivity index (χ3n) is 1.63. The highest BCUT2D eigenvalue weighted by atomic mass is 32.2. The first-order valence-corrected chi connectivity index (χ1v) is 6.02. The molecule has 0 bridgehead atoms. The number of hydrogen-bond acceptors (Lipinski definition) is 6. The molecule has 0 spiro atoms. The second-order valence-electron chi connectivity index (χ2n) is 2.86. The van der Waals surface area contributed by atoms with Gasteiger partial charge in [-0.25, -0.2) is 0 Å². The average Bonchev–Trinajstić information content (AvgIpc) is 2.81. The van der Waals surface area contributed by atoms with Crippen molar-refractivity contribution in [2.75, 3.05) is 17.7 Å². The molecule has 1 aromatic heterocycles. The normalized spacial score (nSPS) is 16.1. The van der Waals surface area contributed by atoms with E-state index in [0.29, 0.717) is 11.8 Å². The van der Waals surface area contributed by atoms with Crippen LogP contribution in [0.2, 0.25) is 0 Å². The number of nitrogens with zero attached hydrogens (tertiary/aromatic N) is 2. The highest BCUT2D eigenvalue weighted by molar-refractivity contribution is 8.01. The number of aliphatic hydroxyl groups is 1. The molecule has 0 saturated heterocycles. The van der Waals surface area contributed by atoms with Crippen molar-refractivity contribution in [1.82, 2.24) is 10.2 Å². The maximum absolute atomic E-state index is 8.61. The average molecular weight is 217 g/mol. The minimum atomic E-state index is 0.190. The van der Waals surface area contributed by atoms with E-state index in [1.807, 2.05) is 0 Å². The molecule has 1 aliphatic rings. The van der Waals surface area contributed by atoms with Crippen LogP contribution in [-0.4, -0.2) is 33.7 Å². The lowest BCUT2D eigenvalue weighted by molar-refractivity contribution is 0.322. The maximum atomic E-state index is 8.61. The fourth-order valence-corrected chi connectivity index (χ4v) is 2.50. The van der Waals surface area contributed by atoms with E-state index in [2.05, 4.69) is 15.5 Å². The summed E-state index contributed by atoms with van der Waals surface area (Å²) in [4.78, 5) is 0. The van der Waals surface area contributed by atoms with Gasteiger partial charge in [0, 0.05) is 11.8 Å². The monoisotopic (exact) mass is 217 g/mol. The van der Waals surface area contributed by atoms with Crippen LogP contribution < -0.4 is 5.32 Å². The van der Waals surface area contributed by atoms with Crippen molar-refractivity contribution in [2.24, 2.45) is 0 Å². The Labute approximate surface area is 84.8 Å². The zero-order valence-corrected chi connectivity index (χ0v) is 8.70. The lowest BCUT2D eigenvalue weighted by atomic mass is 10.7. The molecule has 1 fully saturated rings. The molecule has 2 N–H and O–H groups in total. The Kier molecular flexibility index (Phi) is 3.02. The number of rotatable bonds is 5. The maximum Gasteiger partial charge on any atom is 0.206 e. The first-order chi connectivity index (χ1) is 6.38. The lowest BCUT2D eigenvalue weighted by Crippen LogP contribution is -1.99. The van der Waals surface area contributed by atoms with Crippen molar-refractivity contribution in [3.05, 3.63) is 0 Å². The van der Waals surface area contributed by atoms with Gasteiger partial charge in [-0.2, -0.15) is 0 Å². The summed E-state index contributed by atoms with van der Waals surface area (Å²) in [6, 6.07) is 0.628. The molecule has 0 radical (unpaired) electrons. The predicted molar refractivity (Wildman–Crippen MR) is 54.4 cm³/mol. The number of thioether (sulfide) groups is 1. The zero-order valence-electron chi connectivity index (χ0n) is 7.06. The summed E-state index contributed by atoms with van der Waals surface area (Å²) < 4.78 is 0.928. The van der Waals surface area contributed by atoms with Gasteiger partial charge >= 0.3 is 0 Å². The second kappa shape index (κ2) is 4.26. The second-order valence-corrected chi connectivity index (χ2v) is 5.18. The van der Waals surface area contributed by atoms with Gasteiger partial charge in [-0.3, -0.25) is 0 Å². The van der Waals surface area contributed by atoms with Gasteiger partial charge in [-0.15, -0.1) is 10.2 Å². The van der Waals surface area contributed by atoms with Crippen LogP contribution in [0, 0.1) is 0 Å². The van der Waals surface area contributed by atoms with Gasteiger partial charge in [0.05, 0.1) is 6.61 Å². The predicted octanol–water partition coefficient (Wildman–Crippen LogP) is 1.20. The standard InChI is InChI=1S/C7H11N3OS2/c11-3-4-12-7-10-9-6(13-7)8-5-1-2-5/h5,11H,1-4H2,(H,8,9). The molecule has 0 amide bonds. The van der Waals surface area contributed by atoms with Crippen LogP contribution in [0.15, 0.2) is 4.34 Å². The van der Waals surface area contributed by atoms with E-state index in [4.69, 9.17) is 5.11 Å². The molecule has 1 saturated carbocycles. The van der Waals surface area contributed by atoms with E-state index in [1.54, 1.807) is 23.1 Å². The molecule has 4 nitrogen and oxygen atoms in total. The number of hydrogen-bond donors (Lipinski definition) is 2. The van der Waals surface area contributed by atoms with Crippen LogP contribution in [0.5, 0.6) is 0 Å². The number of nitrogens with one attached hydrogen (secondary N) is 1. The summed E-state index contributed by atoms with van der Waals surface area (Å²) in [6.45, 7) is 0.190. The SMILES string of the molecule is OCCSc1nnc(NC2CC2)s1. The van der Waals surface area contributed by atoms with Gasteiger partial charge in [-0.05, 0) is 12.8 Å². The summed E-state index contributed by atoms with van der Waals surface area (Å²) in [5, 5.41) is 20.8. The summed E-state index contributed by atoms with van der Waals surface area (Å²) >= 11 is 3.10. The fraction of sp³-hybridized carbons (Fsp3) is 0.714. The molecular weight excluding hydrogens is 206 g/mol. The molecule has 2 rings (SSSR count). The molecule has 1 aliphatic carbocycles. The quantitative estimate of drug-likeness (QED) is 0.726. The van der Waals surface area contributed by atoms with E-state index >= 15 is 0 Å². The van der Waals surface area contributed by atoms with Crippen LogP contribution in [0.4, 0.5) is 5.13 Å². The largest absolute Gasteiger partial charge is 0.396 e. The highest BCUT2D eigenvalue weighted by Crippen LogP contribution is 2.29. The van der Waals surface area contributed by atoms with E-state index < -0.39 is 0 Å². The van der Waals surface area contributed by atoms with Gasteiger partial charge in [0.25, 0.3) is 0 Å². The van der Waals surface area contributed by atoms with Crippen LogP contribution >= 0.6 is 23.1 Å². The first kappa shape index (κ1) is 9.23. The van der Waals surface area contributed by atoms with E-state index in [1.165, 1.54) is 12.8 Å². The molecule has 0 unspecified atom stereocenters. The Bertz CT molecular complexity index is 274. The third kappa shape index (κ3) is 2.82. The van der Waals surface area contributed by atoms with Crippen molar-refractivity contribution in [1.29, 1.82) is 0 Å². The van der Waals surface area contributed by atoms with E-state index in [9.17, 15) is 0 Å². The van der Waals surface area contributed by atoms with Crippen LogP contribution in [-0.2, 0) is 0 Å². The Balaban J connectivity index is 1.84. The Hall–Kier alpha value is -0.330.